The zero-order valence-corrected chi connectivity index (χ0v) is 21.7. The Hall–Kier alpha value is -3.01. The molecule has 0 bridgehead atoms. The van der Waals surface area contributed by atoms with Gasteiger partial charge in [0.25, 0.3) is 15.9 Å². The molecular weight excluding hydrogens is 530 g/mol. The average molecular weight is 554 g/mol. The number of aliphatic hydroxyl groups is 1. The minimum Gasteiger partial charge on any atom is -0.388 e. The zero-order chi connectivity index (χ0) is 25.0. The lowest BCUT2D eigenvalue weighted by atomic mass is 10.0. The van der Waals surface area contributed by atoms with Crippen molar-refractivity contribution in [3.05, 3.63) is 82.6 Å². The van der Waals surface area contributed by atoms with Crippen LogP contribution in [0.4, 0.5) is 0 Å². The summed E-state index contributed by atoms with van der Waals surface area (Å²) in [6.07, 6.45) is 3.70. The van der Waals surface area contributed by atoms with Crippen LogP contribution in [-0.4, -0.2) is 52.0 Å². The van der Waals surface area contributed by atoms with E-state index in [0.717, 1.165) is 15.6 Å². The number of nitrogens with zero attached hydrogens (tertiary/aromatic N) is 3. The first-order chi connectivity index (χ1) is 16.5. The molecule has 0 spiro atoms. The average Bonchev–Trinajstić information content (AvgIpc) is 3.39. The first-order valence-electron chi connectivity index (χ1n) is 11.2. The van der Waals surface area contributed by atoms with Crippen molar-refractivity contribution in [2.45, 2.75) is 30.8 Å². The highest BCUT2D eigenvalue weighted by Gasteiger charge is 2.34. The Morgan fingerprint density at radius 2 is 1.80 bits per heavy atom. The van der Waals surface area contributed by atoms with Gasteiger partial charge in [-0.2, -0.15) is 0 Å². The van der Waals surface area contributed by atoms with Gasteiger partial charge in [-0.25, -0.2) is 17.4 Å². The number of carbonyl (C=O) groups is 1. The Morgan fingerprint density at radius 1 is 1.11 bits per heavy atom. The quantitative estimate of drug-likeness (QED) is 0.398. The van der Waals surface area contributed by atoms with Gasteiger partial charge in [0.1, 0.15) is 0 Å². The smallest absolute Gasteiger partial charge is 0.269 e. The lowest BCUT2D eigenvalue weighted by Crippen LogP contribution is -2.33. The van der Waals surface area contributed by atoms with Crippen molar-refractivity contribution < 1.29 is 18.3 Å². The SMILES string of the molecule is Cc1ccc(S(=O)(=O)n2cc(-c3ccc(C(=O)N4CCC(C)(O)C4)cc3)c3cc(Br)cnc32)cc1. The van der Waals surface area contributed by atoms with Crippen molar-refractivity contribution >= 4 is 42.9 Å². The number of likely N-dealkylation sites (tertiary alicyclic amines) is 1. The van der Waals surface area contributed by atoms with E-state index >= 15 is 0 Å². The molecule has 2 aromatic heterocycles. The van der Waals surface area contributed by atoms with Crippen LogP contribution in [-0.2, 0) is 10.0 Å². The zero-order valence-electron chi connectivity index (χ0n) is 19.3. The molecule has 35 heavy (non-hydrogen) atoms. The minimum absolute atomic E-state index is 0.136. The predicted molar refractivity (Wildman–Crippen MR) is 138 cm³/mol. The first kappa shape index (κ1) is 23.7. The van der Waals surface area contributed by atoms with E-state index in [2.05, 4.69) is 20.9 Å². The van der Waals surface area contributed by atoms with Crippen molar-refractivity contribution in [1.82, 2.24) is 13.9 Å². The molecule has 2 aromatic carbocycles. The number of pyridine rings is 1. The lowest BCUT2D eigenvalue weighted by Gasteiger charge is -2.19. The number of carbonyl (C=O) groups excluding carboxylic acids is 1. The molecule has 3 heterocycles. The molecule has 0 radical (unpaired) electrons. The summed E-state index contributed by atoms with van der Waals surface area (Å²) < 4.78 is 28.9. The van der Waals surface area contributed by atoms with Crippen LogP contribution in [0.25, 0.3) is 22.2 Å². The summed E-state index contributed by atoms with van der Waals surface area (Å²) in [4.78, 5) is 19.1. The fourth-order valence-electron chi connectivity index (χ4n) is 4.38. The predicted octanol–water partition coefficient (Wildman–Crippen LogP) is 4.61. The van der Waals surface area contributed by atoms with E-state index in [4.69, 9.17) is 0 Å². The fraction of sp³-hybridized carbons (Fsp3) is 0.231. The number of rotatable bonds is 4. The number of aromatic nitrogens is 2. The van der Waals surface area contributed by atoms with E-state index in [1.54, 1.807) is 72.7 Å². The number of benzene rings is 2. The highest BCUT2D eigenvalue weighted by Crippen LogP contribution is 2.34. The van der Waals surface area contributed by atoms with Crippen LogP contribution in [0, 0.1) is 6.92 Å². The molecule has 1 N–H and O–H groups in total. The van der Waals surface area contributed by atoms with E-state index in [9.17, 15) is 18.3 Å². The van der Waals surface area contributed by atoms with Gasteiger partial charge in [-0.15, -0.1) is 0 Å². The number of hydrogen-bond donors (Lipinski definition) is 1. The van der Waals surface area contributed by atoms with Crippen LogP contribution in [0.3, 0.4) is 0 Å². The molecule has 7 nitrogen and oxygen atoms in total. The summed E-state index contributed by atoms with van der Waals surface area (Å²) in [6.45, 7) is 4.45. The molecule has 0 aliphatic carbocycles. The second-order valence-electron chi connectivity index (χ2n) is 9.23. The molecule has 4 aromatic rings. The number of β-amino-alcohol motifs (C(OH)–C–C–N with tert-alkyl or cyclic N) is 1. The van der Waals surface area contributed by atoms with E-state index in [0.29, 0.717) is 41.7 Å². The minimum atomic E-state index is -3.87. The van der Waals surface area contributed by atoms with Gasteiger partial charge >= 0.3 is 0 Å². The third-order valence-corrected chi connectivity index (χ3v) is 8.44. The van der Waals surface area contributed by atoms with Gasteiger partial charge in [-0.1, -0.05) is 29.8 Å². The Morgan fingerprint density at radius 3 is 2.43 bits per heavy atom. The molecule has 9 heteroatoms. The van der Waals surface area contributed by atoms with Gasteiger partial charge in [0, 0.05) is 46.5 Å². The van der Waals surface area contributed by atoms with Crippen LogP contribution in [0.2, 0.25) is 0 Å². The molecule has 5 rings (SSSR count). The normalized spacial score (nSPS) is 18.3. The molecule has 0 saturated carbocycles. The van der Waals surface area contributed by atoms with E-state index in [1.807, 2.05) is 13.0 Å². The third kappa shape index (κ3) is 4.39. The Labute approximate surface area is 212 Å². The van der Waals surface area contributed by atoms with Crippen molar-refractivity contribution in [3.63, 3.8) is 0 Å². The van der Waals surface area contributed by atoms with Gasteiger partial charge in [0.15, 0.2) is 5.65 Å². The van der Waals surface area contributed by atoms with Gasteiger partial charge in [0.05, 0.1) is 10.5 Å². The van der Waals surface area contributed by atoms with Crippen LogP contribution < -0.4 is 0 Å². The maximum absolute atomic E-state index is 13.5. The molecule has 1 unspecified atom stereocenters. The number of fused-ring (bicyclic) bond motifs is 1. The summed E-state index contributed by atoms with van der Waals surface area (Å²) in [7, 11) is -3.87. The highest BCUT2D eigenvalue weighted by atomic mass is 79.9. The summed E-state index contributed by atoms with van der Waals surface area (Å²) in [5.41, 5.74) is 2.40. The first-order valence-corrected chi connectivity index (χ1v) is 13.4. The Balaban J connectivity index is 1.55. The summed E-state index contributed by atoms with van der Waals surface area (Å²) in [6, 6.07) is 15.6. The maximum atomic E-state index is 13.5. The van der Waals surface area contributed by atoms with Crippen molar-refractivity contribution in [3.8, 4) is 11.1 Å². The summed E-state index contributed by atoms with van der Waals surface area (Å²) >= 11 is 3.44. The largest absolute Gasteiger partial charge is 0.388 e. The van der Waals surface area contributed by atoms with E-state index in [1.165, 1.54) is 3.97 Å². The molecule has 1 atom stereocenters. The van der Waals surface area contributed by atoms with Crippen LogP contribution in [0.15, 0.2) is 76.4 Å². The number of aryl methyl sites for hydroxylation is 1. The Kier molecular flexibility index (Phi) is 5.82. The fourth-order valence-corrected chi connectivity index (χ4v) is 6.04. The van der Waals surface area contributed by atoms with Gasteiger partial charge < -0.3 is 10.0 Å². The molecule has 1 amide bonds. The summed E-state index contributed by atoms with van der Waals surface area (Å²) in [5, 5.41) is 10.9. The topological polar surface area (TPSA) is 92.5 Å². The van der Waals surface area contributed by atoms with Crippen molar-refractivity contribution in [1.29, 1.82) is 0 Å². The van der Waals surface area contributed by atoms with Crippen molar-refractivity contribution in [2.24, 2.45) is 0 Å². The van der Waals surface area contributed by atoms with E-state index in [-0.39, 0.29) is 10.8 Å². The van der Waals surface area contributed by atoms with Crippen LogP contribution in [0.5, 0.6) is 0 Å². The molecule has 1 fully saturated rings. The monoisotopic (exact) mass is 553 g/mol. The summed E-state index contributed by atoms with van der Waals surface area (Å²) in [5.74, 6) is -0.136. The van der Waals surface area contributed by atoms with Crippen LogP contribution in [0.1, 0.15) is 29.3 Å². The molecule has 1 saturated heterocycles. The van der Waals surface area contributed by atoms with Crippen molar-refractivity contribution in [2.75, 3.05) is 13.1 Å². The standard InChI is InChI=1S/C26H24BrN3O4S/c1-17-3-9-21(10-4-17)35(33,34)30-15-23(22-13-20(27)14-28-24(22)30)18-5-7-19(8-6-18)25(31)29-12-11-26(2,32)16-29/h3-10,13-15,32H,11-12,16H2,1-2H3. The lowest BCUT2D eigenvalue weighted by molar-refractivity contribution is 0.0572. The number of halogens is 1. The van der Waals surface area contributed by atoms with Gasteiger partial charge in [0.2, 0.25) is 0 Å². The van der Waals surface area contributed by atoms with Gasteiger partial charge in [-0.3, -0.25) is 4.79 Å². The van der Waals surface area contributed by atoms with Crippen LogP contribution >= 0.6 is 15.9 Å². The second kappa shape index (κ2) is 8.58. The molecule has 1 aliphatic rings. The third-order valence-electron chi connectivity index (χ3n) is 6.34. The maximum Gasteiger partial charge on any atom is 0.269 e. The molecule has 1 aliphatic heterocycles. The molecule has 180 valence electrons. The number of amides is 1. The second-order valence-corrected chi connectivity index (χ2v) is 12.0. The highest BCUT2D eigenvalue weighted by molar-refractivity contribution is 9.10. The van der Waals surface area contributed by atoms with Gasteiger partial charge in [-0.05, 0) is 72.1 Å². The Bertz CT molecular complexity index is 1540. The number of hydrogen-bond acceptors (Lipinski definition) is 5. The molecular formula is C26H24BrN3O4S. The van der Waals surface area contributed by atoms with E-state index < -0.39 is 15.6 Å².